The summed E-state index contributed by atoms with van der Waals surface area (Å²) in [6.07, 6.45) is 2.61. The molecule has 6 rings (SSSR count). The first-order valence-electron chi connectivity index (χ1n) is 10.5. The van der Waals surface area contributed by atoms with Crippen LogP contribution in [-0.4, -0.2) is 31.2 Å². The van der Waals surface area contributed by atoms with Gasteiger partial charge in [-0.2, -0.15) is 11.3 Å². The van der Waals surface area contributed by atoms with E-state index < -0.39 is 0 Å². The molecule has 4 aromatic heterocycles. The number of nitrogens with one attached hydrogen (secondary N) is 1. The summed E-state index contributed by atoms with van der Waals surface area (Å²) in [5, 5.41) is 20.4. The monoisotopic (exact) mass is 469 g/mol. The van der Waals surface area contributed by atoms with Crippen molar-refractivity contribution in [1.82, 2.24) is 19.5 Å². The van der Waals surface area contributed by atoms with Crippen molar-refractivity contribution in [2.24, 2.45) is 0 Å². The zero-order valence-electron chi connectivity index (χ0n) is 17.5. The Balaban J connectivity index is 1.42. The molecule has 0 radical (unpaired) electrons. The van der Waals surface area contributed by atoms with E-state index in [1.807, 2.05) is 34.5 Å². The molecule has 0 bridgehead atoms. The highest BCUT2D eigenvalue weighted by atomic mass is 32.1. The highest BCUT2D eigenvalue weighted by Gasteiger charge is 2.17. The van der Waals surface area contributed by atoms with Gasteiger partial charge in [0.1, 0.15) is 12.1 Å². The molecule has 0 aliphatic carbocycles. The van der Waals surface area contributed by atoms with Crippen LogP contribution in [0, 0.1) is 0 Å². The third-order valence-corrected chi connectivity index (χ3v) is 7.18. The van der Waals surface area contributed by atoms with E-state index in [9.17, 15) is 5.11 Å². The predicted molar refractivity (Wildman–Crippen MR) is 136 cm³/mol. The minimum Gasteiger partial charge on any atom is -0.508 e. The summed E-state index contributed by atoms with van der Waals surface area (Å²) in [5.41, 5.74) is 4.73. The van der Waals surface area contributed by atoms with E-state index in [-0.39, 0.29) is 5.75 Å². The van der Waals surface area contributed by atoms with Gasteiger partial charge >= 0.3 is 0 Å². The minimum atomic E-state index is 0.274. The van der Waals surface area contributed by atoms with Gasteiger partial charge in [-0.1, -0.05) is 30.3 Å². The quantitative estimate of drug-likeness (QED) is 0.307. The summed E-state index contributed by atoms with van der Waals surface area (Å²) in [7, 11) is 0. The molecule has 0 aliphatic heterocycles. The number of aromatic hydroxyl groups is 1. The summed E-state index contributed by atoms with van der Waals surface area (Å²) in [4.78, 5) is 14.5. The fourth-order valence-corrected chi connectivity index (χ4v) is 5.43. The molecule has 6 nitrogen and oxygen atoms in total. The molecular weight excluding hydrogens is 450 g/mol. The van der Waals surface area contributed by atoms with Crippen LogP contribution < -0.4 is 5.32 Å². The van der Waals surface area contributed by atoms with E-state index in [1.54, 1.807) is 34.8 Å². The number of nitrogens with zero attached hydrogens (tertiary/aromatic N) is 4. The lowest BCUT2D eigenvalue weighted by Gasteiger charge is -2.09. The number of rotatable bonds is 6. The number of hydrogen-bond acceptors (Lipinski definition) is 7. The molecule has 4 heterocycles. The lowest BCUT2D eigenvalue weighted by molar-refractivity contribution is 0.475. The average molecular weight is 470 g/mol. The number of fused-ring (bicyclic) bond motifs is 2. The number of phenols is 1. The second kappa shape index (κ2) is 8.31. The van der Waals surface area contributed by atoms with Crippen LogP contribution in [0.3, 0.4) is 0 Å². The van der Waals surface area contributed by atoms with Gasteiger partial charge in [0.05, 0.1) is 5.69 Å². The lowest BCUT2D eigenvalue weighted by atomic mass is 10.1. The van der Waals surface area contributed by atoms with Crippen molar-refractivity contribution in [1.29, 1.82) is 0 Å². The predicted octanol–water partition coefficient (Wildman–Crippen LogP) is 6.12. The van der Waals surface area contributed by atoms with Gasteiger partial charge in [-0.05, 0) is 41.6 Å². The molecule has 162 valence electrons. The smallest absolute Gasteiger partial charge is 0.170 e. The van der Waals surface area contributed by atoms with Crippen LogP contribution >= 0.6 is 22.7 Å². The molecule has 0 saturated heterocycles. The summed E-state index contributed by atoms with van der Waals surface area (Å²) in [6.45, 7) is 0.687. The van der Waals surface area contributed by atoms with E-state index in [4.69, 9.17) is 9.97 Å². The molecule has 6 aromatic rings. The van der Waals surface area contributed by atoms with Crippen LogP contribution in [0.2, 0.25) is 0 Å². The van der Waals surface area contributed by atoms with E-state index >= 15 is 0 Å². The molecule has 33 heavy (non-hydrogen) atoms. The molecule has 0 fully saturated rings. The number of phenolic OH excluding ortho intramolecular Hbond substituents is 1. The highest BCUT2D eigenvalue weighted by molar-refractivity contribution is 7.17. The molecule has 0 aliphatic rings. The fraction of sp³-hybridized carbons (Fsp3) is 0.0800. The third-order valence-electron chi connectivity index (χ3n) is 5.54. The van der Waals surface area contributed by atoms with Crippen molar-refractivity contribution < 1.29 is 5.11 Å². The van der Waals surface area contributed by atoms with Crippen molar-refractivity contribution in [3.8, 4) is 22.8 Å². The maximum Gasteiger partial charge on any atom is 0.170 e. The van der Waals surface area contributed by atoms with Gasteiger partial charge in [0, 0.05) is 33.0 Å². The van der Waals surface area contributed by atoms with Gasteiger partial charge in [0.25, 0.3) is 0 Å². The second-order valence-corrected chi connectivity index (χ2v) is 9.34. The molecule has 8 heteroatoms. The Bertz CT molecular complexity index is 1550. The van der Waals surface area contributed by atoms with Crippen LogP contribution in [0.5, 0.6) is 5.75 Å². The SMILES string of the molecule is Oc1ccc(CCNc2nc(-c3csc4ccccc34)nc3c2ncn3-c2ccsc2)cc1. The van der Waals surface area contributed by atoms with E-state index in [0.717, 1.165) is 45.6 Å². The van der Waals surface area contributed by atoms with Crippen LogP contribution in [-0.2, 0) is 6.42 Å². The number of benzene rings is 2. The first-order valence-corrected chi connectivity index (χ1v) is 12.3. The third kappa shape index (κ3) is 3.73. The lowest BCUT2D eigenvalue weighted by Crippen LogP contribution is -2.08. The largest absolute Gasteiger partial charge is 0.508 e. The zero-order chi connectivity index (χ0) is 22.2. The Morgan fingerprint density at radius 1 is 0.970 bits per heavy atom. The van der Waals surface area contributed by atoms with Gasteiger partial charge in [-0.15, -0.1) is 11.3 Å². The Hall–Kier alpha value is -3.75. The molecular formula is C25H19N5OS2. The molecule has 0 amide bonds. The highest BCUT2D eigenvalue weighted by Crippen LogP contribution is 2.34. The van der Waals surface area contributed by atoms with Crippen molar-refractivity contribution in [2.75, 3.05) is 11.9 Å². The molecule has 0 unspecified atom stereocenters. The summed E-state index contributed by atoms with van der Waals surface area (Å²) >= 11 is 3.34. The average Bonchev–Trinajstić information content (AvgIpc) is 3.59. The van der Waals surface area contributed by atoms with Crippen molar-refractivity contribution in [3.63, 3.8) is 0 Å². The van der Waals surface area contributed by atoms with Crippen molar-refractivity contribution >= 4 is 49.7 Å². The molecule has 2 aromatic carbocycles. The Kier molecular flexibility index (Phi) is 5.01. The van der Waals surface area contributed by atoms with Gasteiger partial charge in [0.2, 0.25) is 0 Å². The number of thiophene rings is 2. The minimum absolute atomic E-state index is 0.274. The van der Waals surface area contributed by atoms with E-state index in [2.05, 4.69) is 45.3 Å². The molecule has 0 spiro atoms. The topological polar surface area (TPSA) is 75.9 Å². The summed E-state index contributed by atoms with van der Waals surface area (Å²) in [6, 6.07) is 17.7. The van der Waals surface area contributed by atoms with Gasteiger partial charge in [0.15, 0.2) is 22.8 Å². The van der Waals surface area contributed by atoms with Crippen molar-refractivity contribution in [2.45, 2.75) is 6.42 Å². The van der Waals surface area contributed by atoms with Gasteiger partial charge in [-0.25, -0.2) is 15.0 Å². The number of anilines is 1. The Labute approximate surface area is 197 Å². The summed E-state index contributed by atoms with van der Waals surface area (Å²) in [5.74, 6) is 1.68. The molecule has 0 saturated carbocycles. The maximum atomic E-state index is 9.51. The Morgan fingerprint density at radius 2 is 1.85 bits per heavy atom. The van der Waals surface area contributed by atoms with E-state index in [1.165, 1.54) is 4.70 Å². The van der Waals surface area contributed by atoms with E-state index in [0.29, 0.717) is 12.4 Å². The first-order chi connectivity index (χ1) is 16.3. The number of aromatic nitrogens is 4. The zero-order valence-corrected chi connectivity index (χ0v) is 19.1. The Morgan fingerprint density at radius 3 is 2.70 bits per heavy atom. The first kappa shape index (κ1) is 19.9. The standard InChI is InChI=1S/C25H19N5OS2/c31-18-7-5-16(6-8-18)9-11-26-24-22-25(30(15-27-22)17-10-12-32-13-17)29-23(28-24)20-14-33-21-4-2-1-3-19(20)21/h1-8,10,12-15,31H,9,11H2,(H,26,28,29). The van der Waals surface area contributed by atoms with Crippen LogP contribution in [0.25, 0.3) is 38.3 Å². The van der Waals surface area contributed by atoms with Crippen LogP contribution in [0.15, 0.2) is 77.1 Å². The van der Waals surface area contributed by atoms with Gasteiger partial charge in [-0.3, -0.25) is 4.57 Å². The second-order valence-electron chi connectivity index (χ2n) is 7.65. The molecule has 2 N–H and O–H groups in total. The van der Waals surface area contributed by atoms with Crippen LogP contribution in [0.4, 0.5) is 5.82 Å². The summed E-state index contributed by atoms with van der Waals surface area (Å²) < 4.78 is 3.22. The fourth-order valence-electron chi connectivity index (χ4n) is 3.87. The number of imidazole rings is 1. The van der Waals surface area contributed by atoms with Crippen LogP contribution in [0.1, 0.15) is 5.56 Å². The normalized spacial score (nSPS) is 11.4. The maximum absolute atomic E-state index is 9.51. The van der Waals surface area contributed by atoms with Crippen molar-refractivity contribution in [3.05, 3.63) is 82.6 Å². The van der Waals surface area contributed by atoms with Gasteiger partial charge < -0.3 is 10.4 Å². The number of hydrogen-bond donors (Lipinski definition) is 2. The molecule has 0 atom stereocenters.